The molecule has 0 fully saturated rings. The molecule has 3 N–H and O–H groups in total. The van der Waals surface area contributed by atoms with E-state index >= 15 is 0 Å². The molecule has 10 heteroatoms. The zero-order valence-electron chi connectivity index (χ0n) is 14.8. The largest absolute Gasteiger partial charge is 0.497 e. The summed E-state index contributed by atoms with van der Waals surface area (Å²) in [5.41, 5.74) is 5.51. The normalized spacial score (nSPS) is 9.93. The minimum atomic E-state index is -0.647. The van der Waals surface area contributed by atoms with Crippen LogP contribution in [-0.4, -0.2) is 23.8 Å². The highest BCUT2D eigenvalue weighted by atomic mass is 35.5. The molecule has 0 bridgehead atoms. The van der Waals surface area contributed by atoms with Gasteiger partial charge >= 0.3 is 0 Å². The second kappa shape index (κ2) is 9.38. The number of carbonyl (C=O) groups excluding carboxylic acids is 2. The predicted octanol–water partition coefficient (Wildman–Crippen LogP) is 3.03. The van der Waals surface area contributed by atoms with Crippen molar-refractivity contribution in [3.05, 3.63) is 75.4 Å². The van der Waals surface area contributed by atoms with Crippen molar-refractivity contribution >= 4 is 34.8 Å². The number of nitrogens with one attached hydrogen (secondary N) is 3. The second-order valence-electron chi connectivity index (χ2n) is 5.56. The number of rotatable bonds is 8. The van der Waals surface area contributed by atoms with Crippen LogP contribution in [0.25, 0.3) is 0 Å². The van der Waals surface area contributed by atoms with Gasteiger partial charge in [0, 0.05) is 23.0 Å². The Labute approximate surface area is 165 Å². The van der Waals surface area contributed by atoms with E-state index in [2.05, 4.69) is 22.7 Å². The van der Waals surface area contributed by atoms with E-state index < -0.39 is 10.8 Å². The van der Waals surface area contributed by atoms with Gasteiger partial charge in [-0.05, 0) is 36.4 Å². The molecule has 0 atom stereocenters. The number of amides is 2. The Hall–Kier alpha value is -3.59. The monoisotopic (exact) mass is 404 g/mol. The summed E-state index contributed by atoms with van der Waals surface area (Å²) in [5, 5.41) is 13.3. The van der Waals surface area contributed by atoms with E-state index in [1.165, 1.54) is 12.1 Å². The lowest BCUT2D eigenvalue weighted by Crippen LogP contribution is -2.37. The fourth-order valence-electron chi connectivity index (χ4n) is 2.13. The number of hydrogen-bond donors (Lipinski definition) is 3. The van der Waals surface area contributed by atoms with E-state index in [1.54, 1.807) is 31.4 Å². The van der Waals surface area contributed by atoms with Crippen LogP contribution in [0, 0.1) is 10.1 Å². The highest BCUT2D eigenvalue weighted by Crippen LogP contribution is 2.24. The van der Waals surface area contributed by atoms with Gasteiger partial charge in [0.1, 0.15) is 10.8 Å². The quantitative estimate of drug-likeness (QED) is 0.459. The topological polar surface area (TPSA) is 123 Å². The van der Waals surface area contributed by atoms with Crippen molar-refractivity contribution in [3.63, 3.8) is 0 Å². The van der Waals surface area contributed by atoms with E-state index in [4.69, 9.17) is 16.3 Å². The van der Waals surface area contributed by atoms with Crippen LogP contribution in [0.15, 0.2) is 54.7 Å². The van der Waals surface area contributed by atoms with Crippen molar-refractivity contribution in [1.29, 1.82) is 0 Å². The Kier molecular flexibility index (Phi) is 6.94. The molecule has 2 aromatic rings. The van der Waals surface area contributed by atoms with Crippen molar-refractivity contribution in [2.24, 2.45) is 0 Å². The van der Waals surface area contributed by atoms with Crippen molar-refractivity contribution in [1.82, 2.24) is 10.9 Å². The van der Waals surface area contributed by atoms with Crippen LogP contribution in [0.4, 0.5) is 11.4 Å². The van der Waals surface area contributed by atoms with E-state index in [0.29, 0.717) is 11.4 Å². The van der Waals surface area contributed by atoms with E-state index in [9.17, 15) is 19.7 Å². The summed E-state index contributed by atoms with van der Waals surface area (Å²) in [7, 11) is 1.54. The van der Waals surface area contributed by atoms with Crippen LogP contribution in [0.3, 0.4) is 0 Å². The molecule has 0 unspecified atom stereocenters. The van der Waals surface area contributed by atoms with Crippen molar-refractivity contribution in [3.8, 4) is 5.75 Å². The standard InChI is InChI=1S/C18H17ClN4O5/c1-11(9-17(24)20-13-4-6-14(28-2)7-5-13)21-22-18(25)12-3-8-16(23(26)27)15(19)10-12/h3-8,10,21H,1,9H2,2H3,(H,20,24)(H,22,25). The Morgan fingerprint density at radius 3 is 2.43 bits per heavy atom. The molecule has 0 saturated heterocycles. The third-order valence-corrected chi connectivity index (χ3v) is 3.81. The van der Waals surface area contributed by atoms with Crippen molar-refractivity contribution in [2.45, 2.75) is 6.42 Å². The number of benzene rings is 2. The zero-order chi connectivity index (χ0) is 20.7. The molecule has 0 aliphatic rings. The average Bonchev–Trinajstić information content (AvgIpc) is 2.66. The van der Waals surface area contributed by atoms with E-state index in [1.807, 2.05) is 0 Å². The SMILES string of the molecule is C=C(CC(=O)Nc1ccc(OC)cc1)NNC(=O)c1ccc([N+](=O)[O-])c(Cl)c1. The van der Waals surface area contributed by atoms with Gasteiger partial charge in [0.2, 0.25) is 5.91 Å². The van der Waals surface area contributed by atoms with Gasteiger partial charge in [-0.1, -0.05) is 18.2 Å². The number of nitrogens with zero attached hydrogens (tertiary/aromatic N) is 1. The van der Waals surface area contributed by atoms with Gasteiger partial charge in [0.05, 0.1) is 18.5 Å². The number of hydrogen-bond acceptors (Lipinski definition) is 6. The summed E-state index contributed by atoms with van der Waals surface area (Å²) in [6.45, 7) is 3.66. The molecule has 0 saturated carbocycles. The first-order valence-corrected chi connectivity index (χ1v) is 8.30. The number of carbonyl (C=O) groups is 2. The molecule has 0 aromatic heterocycles. The minimum absolute atomic E-state index is 0.0900. The Morgan fingerprint density at radius 2 is 1.86 bits per heavy atom. The number of methoxy groups -OCH3 is 1. The maximum Gasteiger partial charge on any atom is 0.287 e. The number of halogens is 1. The van der Waals surface area contributed by atoms with Gasteiger partial charge < -0.3 is 15.5 Å². The lowest BCUT2D eigenvalue weighted by molar-refractivity contribution is -0.384. The van der Waals surface area contributed by atoms with Gasteiger partial charge in [0.25, 0.3) is 11.6 Å². The Morgan fingerprint density at radius 1 is 1.18 bits per heavy atom. The molecular weight excluding hydrogens is 388 g/mol. The van der Waals surface area contributed by atoms with Gasteiger partial charge in [-0.15, -0.1) is 0 Å². The second-order valence-corrected chi connectivity index (χ2v) is 5.97. The number of anilines is 1. The summed E-state index contributed by atoms with van der Waals surface area (Å²) in [6.07, 6.45) is -0.0900. The summed E-state index contributed by atoms with van der Waals surface area (Å²) < 4.78 is 5.04. The third kappa shape index (κ3) is 5.71. The molecule has 0 heterocycles. The highest BCUT2D eigenvalue weighted by molar-refractivity contribution is 6.33. The molecule has 0 aliphatic carbocycles. The number of nitro benzene ring substituents is 1. The molecule has 0 spiro atoms. The predicted molar refractivity (Wildman–Crippen MR) is 104 cm³/mol. The van der Waals surface area contributed by atoms with Crippen molar-refractivity contribution in [2.75, 3.05) is 12.4 Å². The molecule has 9 nitrogen and oxygen atoms in total. The molecule has 0 aliphatic heterocycles. The van der Waals surface area contributed by atoms with E-state index in [-0.39, 0.29) is 34.3 Å². The molecule has 2 rings (SSSR count). The first-order chi connectivity index (χ1) is 13.3. The zero-order valence-corrected chi connectivity index (χ0v) is 15.6. The number of hydrazine groups is 1. The molecule has 2 aromatic carbocycles. The maximum absolute atomic E-state index is 12.1. The highest BCUT2D eigenvalue weighted by Gasteiger charge is 2.15. The molecule has 28 heavy (non-hydrogen) atoms. The number of ether oxygens (including phenoxy) is 1. The summed E-state index contributed by atoms with van der Waals surface area (Å²) in [6, 6.07) is 10.4. The van der Waals surface area contributed by atoms with Crippen LogP contribution in [0.5, 0.6) is 5.75 Å². The summed E-state index contributed by atoms with van der Waals surface area (Å²) in [4.78, 5) is 34.2. The summed E-state index contributed by atoms with van der Waals surface area (Å²) in [5.74, 6) is -0.262. The first kappa shape index (κ1) is 20.7. The lowest BCUT2D eigenvalue weighted by Gasteiger charge is -2.12. The molecule has 2 amide bonds. The van der Waals surface area contributed by atoms with Crippen LogP contribution in [0.1, 0.15) is 16.8 Å². The van der Waals surface area contributed by atoms with Gasteiger partial charge in [0.15, 0.2) is 0 Å². The fraction of sp³-hybridized carbons (Fsp3) is 0.111. The van der Waals surface area contributed by atoms with Crippen LogP contribution in [0.2, 0.25) is 5.02 Å². The fourth-order valence-corrected chi connectivity index (χ4v) is 2.38. The Balaban J connectivity index is 1.84. The maximum atomic E-state index is 12.1. The van der Waals surface area contributed by atoms with Crippen molar-refractivity contribution < 1.29 is 19.2 Å². The molecule has 0 radical (unpaired) electrons. The minimum Gasteiger partial charge on any atom is -0.497 e. The molecule has 146 valence electrons. The first-order valence-electron chi connectivity index (χ1n) is 7.92. The van der Waals surface area contributed by atoms with Gasteiger partial charge in [-0.25, -0.2) is 0 Å². The Bertz CT molecular complexity index is 915. The van der Waals surface area contributed by atoms with E-state index in [0.717, 1.165) is 6.07 Å². The van der Waals surface area contributed by atoms with Crippen LogP contribution in [-0.2, 0) is 4.79 Å². The van der Waals surface area contributed by atoms with Crippen LogP contribution < -0.4 is 20.9 Å². The molecular formula is C18H17ClN4O5. The van der Waals surface area contributed by atoms with Gasteiger partial charge in [-0.3, -0.25) is 25.1 Å². The number of nitro groups is 1. The summed E-state index contributed by atoms with van der Waals surface area (Å²) >= 11 is 5.78. The van der Waals surface area contributed by atoms with Crippen LogP contribution >= 0.6 is 11.6 Å². The lowest BCUT2D eigenvalue weighted by atomic mass is 10.2. The third-order valence-electron chi connectivity index (χ3n) is 3.51. The average molecular weight is 405 g/mol. The van der Waals surface area contributed by atoms with Gasteiger partial charge in [-0.2, -0.15) is 0 Å². The smallest absolute Gasteiger partial charge is 0.287 e.